The molecule has 0 radical (unpaired) electrons. The molecule has 2 amide bonds. The molecule has 1 atom stereocenters. The lowest BCUT2D eigenvalue weighted by atomic mass is 9.90. The first kappa shape index (κ1) is 27.5. The van der Waals surface area contributed by atoms with Crippen LogP contribution in [-0.2, 0) is 16.1 Å². The first-order chi connectivity index (χ1) is 20.4. The van der Waals surface area contributed by atoms with Crippen molar-refractivity contribution in [2.24, 2.45) is 0 Å². The van der Waals surface area contributed by atoms with Crippen LogP contribution >= 0.6 is 0 Å². The zero-order valence-corrected chi connectivity index (χ0v) is 23.7. The number of nitrogens with zero attached hydrogens (tertiary/aromatic N) is 3. The van der Waals surface area contributed by atoms with Crippen LogP contribution < -0.4 is 25.2 Å². The lowest BCUT2D eigenvalue weighted by molar-refractivity contribution is -0.134. The number of aromatic nitrogens is 2. The summed E-state index contributed by atoms with van der Waals surface area (Å²) in [7, 11) is 3.08. The molecule has 42 heavy (non-hydrogen) atoms. The molecule has 0 spiro atoms. The highest BCUT2D eigenvalue weighted by molar-refractivity contribution is 6.00. The Labute approximate surface area is 243 Å². The number of hydrogen-bond donors (Lipinski definition) is 2. The Hall–Kier alpha value is -4.70. The molecular weight excluding hydrogens is 534 g/mol. The number of rotatable bonds is 7. The lowest BCUT2D eigenvalue weighted by Crippen LogP contribution is -2.45. The minimum Gasteiger partial charge on any atom is -0.497 e. The summed E-state index contributed by atoms with van der Waals surface area (Å²) >= 11 is 0. The highest BCUT2D eigenvalue weighted by atomic mass is 16.5. The fourth-order valence-electron chi connectivity index (χ4n) is 5.75. The number of carbonyl (C=O) groups excluding carboxylic acids is 2. The number of piperidine rings is 1. The summed E-state index contributed by atoms with van der Waals surface area (Å²) in [5.41, 5.74) is 4.35. The number of methoxy groups -OCH3 is 2. The van der Waals surface area contributed by atoms with Gasteiger partial charge in [0, 0.05) is 62.5 Å². The van der Waals surface area contributed by atoms with E-state index in [4.69, 9.17) is 9.47 Å². The van der Waals surface area contributed by atoms with Gasteiger partial charge in [0.15, 0.2) is 0 Å². The molecule has 0 saturated carbocycles. The van der Waals surface area contributed by atoms with Gasteiger partial charge in [-0.05, 0) is 41.8 Å². The van der Waals surface area contributed by atoms with Crippen LogP contribution in [0.2, 0.25) is 0 Å². The number of H-pyrrole nitrogens is 1. The van der Waals surface area contributed by atoms with Crippen LogP contribution in [0, 0.1) is 0 Å². The van der Waals surface area contributed by atoms with E-state index in [2.05, 4.69) is 49.4 Å². The molecule has 216 valence electrons. The van der Waals surface area contributed by atoms with Crippen LogP contribution in [0.1, 0.15) is 29.9 Å². The summed E-state index contributed by atoms with van der Waals surface area (Å²) in [6, 6.07) is 19.7. The molecule has 3 aromatic carbocycles. The van der Waals surface area contributed by atoms with Crippen LogP contribution in [0.25, 0.3) is 22.3 Å². The minimum atomic E-state index is -0.264. The van der Waals surface area contributed by atoms with Gasteiger partial charge in [-0.15, -0.1) is 0 Å². The van der Waals surface area contributed by atoms with Crippen molar-refractivity contribution in [3.8, 4) is 22.9 Å². The third kappa shape index (κ3) is 5.58. The van der Waals surface area contributed by atoms with Gasteiger partial charge in [0.05, 0.1) is 25.7 Å². The molecule has 3 heterocycles. The van der Waals surface area contributed by atoms with Crippen LogP contribution in [0.5, 0.6) is 11.5 Å². The van der Waals surface area contributed by atoms with E-state index in [0.29, 0.717) is 41.1 Å². The van der Waals surface area contributed by atoms with E-state index < -0.39 is 0 Å². The van der Waals surface area contributed by atoms with Gasteiger partial charge in [-0.3, -0.25) is 24.6 Å². The first-order valence-electron chi connectivity index (χ1n) is 14.1. The molecule has 1 aromatic heterocycles. The highest BCUT2D eigenvalue weighted by Gasteiger charge is 2.28. The van der Waals surface area contributed by atoms with Gasteiger partial charge in [0.2, 0.25) is 11.8 Å². The predicted octanol–water partition coefficient (Wildman–Crippen LogP) is 3.45. The van der Waals surface area contributed by atoms with E-state index in [-0.39, 0.29) is 23.3 Å². The van der Waals surface area contributed by atoms with E-state index in [0.717, 1.165) is 49.5 Å². The Morgan fingerprint density at radius 3 is 2.31 bits per heavy atom. The zero-order valence-electron chi connectivity index (χ0n) is 23.7. The third-order valence-electron chi connectivity index (χ3n) is 8.11. The van der Waals surface area contributed by atoms with Crippen molar-refractivity contribution in [3.05, 3.63) is 82.1 Å². The Bertz CT molecular complexity index is 1680. The Morgan fingerprint density at radius 1 is 0.905 bits per heavy atom. The number of ether oxygens (including phenoxy) is 2. The average molecular weight is 568 g/mol. The molecule has 0 bridgehead atoms. The maximum Gasteiger partial charge on any atom is 0.262 e. The number of amides is 2. The maximum absolute atomic E-state index is 12.9. The summed E-state index contributed by atoms with van der Waals surface area (Å²) in [6.45, 7) is 4.51. The second kappa shape index (κ2) is 11.7. The Balaban J connectivity index is 1.08. The van der Waals surface area contributed by atoms with Gasteiger partial charge < -0.3 is 19.4 Å². The van der Waals surface area contributed by atoms with Gasteiger partial charge in [0.25, 0.3) is 5.56 Å². The quantitative estimate of drug-likeness (QED) is 0.326. The lowest BCUT2D eigenvalue weighted by Gasteiger charge is -2.36. The number of benzene rings is 3. The van der Waals surface area contributed by atoms with Crippen LogP contribution in [-0.4, -0.2) is 67.1 Å². The summed E-state index contributed by atoms with van der Waals surface area (Å²) in [5.74, 6) is 0.833. The Kier molecular flexibility index (Phi) is 7.62. The number of carbonyl (C=O) groups is 2. The number of hydrogen-bond acceptors (Lipinski definition) is 8. The molecule has 2 N–H and O–H groups in total. The molecule has 1 unspecified atom stereocenters. The van der Waals surface area contributed by atoms with Gasteiger partial charge in [-0.2, -0.15) is 0 Å². The molecule has 2 aliphatic heterocycles. The van der Waals surface area contributed by atoms with Gasteiger partial charge in [-0.25, -0.2) is 4.98 Å². The Morgan fingerprint density at radius 2 is 1.64 bits per heavy atom. The van der Waals surface area contributed by atoms with Crippen molar-refractivity contribution in [3.63, 3.8) is 0 Å². The minimum absolute atomic E-state index is 0.191. The molecule has 2 saturated heterocycles. The molecule has 6 rings (SSSR count). The zero-order chi connectivity index (χ0) is 29.2. The molecule has 2 aliphatic rings. The predicted molar refractivity (Wildman–Crippen MR) is 160 cm³/mol. The van der Waals surface area contributed by atoms with Crippen molar-refractivity contribution in [1.82, 2.24) is 20.2 Å². The first-order valence-corrected chi connectivity index (χ1v) is 14.1. The van der Waals surface area contributed by atoms with Crippen molar-refractivity contribution in [1.29, 1.82) is 0 Å². The molecule has 4 aromatic rings. The van der Waals surface area contributed by atoms with Gasteiger partial charge >= 0.3 is 0 Å². The number of imide groups is 1. The maximum atomic E-state index is 12.9. The summed E-state index contributed by atoms with van der Waals surface area (Å²) < 4.78 is 10.7. The number of fused-ring (bicyclic) bond motifs is 1. The van der Waals surface area contributed by atoms with Crippen molar-refractivity contribution >= 4 is 28.4 Å². The molecular formula is C32H33N5O5. The van der Waals surface area contributed by atoms with E-state index in [9.17, 15) is 14.4 Å². The number of nitrogens with one attached hydrogen (secondary N) is 2. The van der Waals surface area contributed by atoms with E-state index in [1.54, 1.807) is 19.2 Å². The van der Waals surface area contributed by atoms with Gasteiger partial charge in [0.1, 0.15) is 22.7 Å². The normalized spacial score (nSPS) is 17.8. The molecule has 10 heteroatoms. The molecule has 2 fully saturated rings. The fourth-order valence-corrected chi connectivity index (χ4v) is 5.75. The SMILES string of the molecule is COc1cc(OC)c2c(=O)[nH]c(-c3ccc(N4CCN(Cc5ccc(C6CCC(=O)NC6=O)cc5)CC4)cc3)nc2c1. The molecule has 0 aliphatic carbocycles. The van der Waals surface area contributed by atoms with Gasteiger partial charge in [-0.1, -0.05) is 24.3 Å². The number of aromatic amines is 1. The molecule has 10 nitrogen and oxygen atoms in total. The number of piperazine rings is 1. The van der Waals surface area contributed by atoms with Crippen molar-refractivity contribution in [2.45, 2.75) is 25.3 Å². The topological polar surface area (TPSA) is 117 Å². The van der Waals surface area contributed by atoms with Crippen molar-refractivity contribution < 1.29 is 19.1 Å². The second-order valence-electron chi connectivity index (χ2n) is 10.7. The third-order valence-corrected chi connectivity index (χ3v) is 8.11. The monoisotopic (exact) mass is 567 g/mol. The summed E-state index contributed by atoms with van der Waals surface area (Å²) in [5, 5.41) is 2.83. The number of anilines is 1. The highest BCUT2D eigenvalue weighted by Crippen LogP contribution is 2.30. The van der Waals surface area contributed by atoms with E-state index in [1.165, 1.54) is 12.7 Å². The van der Waals surface area contributed by atoms with E-state index in [1.807, 2.05) is 24.3 Å². The van der Waals surface area contributed by atoms with Crippen LogP contribution in [0.3, 0.4) is 0 Å². The van der Waals surface area contributed by atoms with Crippen molar-refractivity contribution in [2.75, 3.05) is 45.3 Å². The average Bonchev–Trinajstić information content (AvgIpc) is 3.01. The van der Waals surface area contributed by atoms with E-state index >= 15 is 0 Å². The summed E-state index contributed by atoms with van der Waals surface area (Å²) in [4.78, 5) is 48.9. The standard InChI is InChI=1S/C32H33N5O5/c1-41-24-17-26-29(27(18-24)42-2)32(40)35-30(33-26)22-7-9-23(10-8-22)37-15-13-36(14-16-37)19-20-3-5-21(6-4-20)25-11-12-28(38)34-31(25)39/h3-10,17-18,25H,11-16,19H2,1-2H3,(H,33,35,40)(H,34,38,39). The largest absolute Gasteiger partial charge is 0.497 e. The fraction of sp³-hybridized carbons (Fsp3) is 0.312. The summed E-state index contributed by atoms with van der Waals surface area (Å²) in [6.07, 6.45) is 0.949. The van der Waals surface area contributed by atoms with Crippen LogP contribution in [0.4, 0.5) is 5.69 Å². The second-order valence-corrected chi connectivity index (χ2v) is 10.7. The smallest absolute Gasteiger partial charge is 0.262 e. The van der Waals surface area contributed by atoms with Crippen LogP contribution in [0.15, 0.2) is 65.5 Å².